The Bertz CT molecular complexity index is 1180. The molecule has 2 atom stereocenters. The molecule has 0 rings (SSSR count). The van der Waals surface area contributed by atoms with Crippen LogP contribution in [-0.4, -0.2) is 141 Å². The number of hydrogen-bond acceptors (Lipinski definition) is 12. The monoisotopic (exact) mass is 862 g/mol. The van der Waals surface area contributed by atoms with E-state index in [0.29, 0.717) is 32.2 Å². The number of nitrogens with one attached hydrogen (secondary N) is 4. The van der Waals surface area contributed by atoms with E-state index < -0.39 is 30.0 Å². The molecule has 0 aliphatic carbocycles. The topological polar surface area (TPSA) is 291 Å². The van der Waals surface area contributed by atoms with Gasteiger partial charge in [0.15, 0.2) is 0 Å². The van der Waals surface area contributed by atoms with Gasteiger partial charge in [0.1, 0.15) is 25.3 Å². The van der Waals surface area contributed by atoms with Crippen LogP contribution in [0.4, 0.5) is 0 Å². The molecular weight excluding hydrogens is 786 g/mol. The zero-order valence-corrected chi connectivity index (χ0v) is 35.7. The molecule has 4 amide bonds. The van der Waals surface area contributed by atoms with Crippen molar-refractivity contribution in [3.8, 4) is 0 Å². The lowest BCUT2D eigenvalue weighted by Crippen LogP contribution is -2.41. The zero-order valence-electron chi connectivity index (χ0n) is 35.7. The molecule has 0 aromatic heterocycles. The number of ether oxygens (including phenoxy) is 4. The third kappa shape index (κ3) is 39.5. The quantitative estimate of drug-likeness (QED) is 0.0409. The maximum absolute atomic E-state index is 12.3. The van der Waals surface area contributed by atoms with Crippen molar-refractivity contribution in [3.05, 3.63) is 0 Å². The standard InChI is InChI=1S/C41H75N5O14/c42-33(40(53)54)17-15-16-22-43-37(49)31-59-29-28-58-26-24-45-38(50)32-60-30-27-57-25-23-44-35(47)21-20-34(41(55)56)46-36(48)18-13-11-9-7-5-3-1-2-4-6-8-10-12-14-19-39(51)52/h33-34H,1-32,42H2,(H,43,49)(H,44,47)(H,45,50)(H,46,48)(H,51,52)(H,53,54)(H,55,56)/t33?,34-/m0/s1. The molecule has 0 aromatic rings. The fraction of sp³-hybridized carbons (Fsp3) is 0.829. The van der Waals surface area contributed by atoms with Crippen LogP contribution in [0.1, 0.15) is 135 Å². The molecule has 19 nitrogen and oxygen atoms in total. The second-order valence-electron chi connectivity index (χ2n) is 14.7. The van der Waals surface area contributed by atoms with E-state index in [1.165, 1.54) is 38.5 Å². The maximum Gasteiger partial charge on any atom is 0.326 e. The third-order valence-electron chi connectivity index (χ3n) is 9.27. The van der Waals surface area contributed by atoms with Crippen LogP contribution in [-0.2, 0) is 52.5 Å². The van der Waals surface area contributed by atoms with Crippen molar-refractivity contribution < 1.29 is 67.8 Å². The largest absolute Gasteiger partial charge is 0.481 e. The van der Waals surface area contributed by atoms with Crippen molar-refractivity contribution in [2.75, 3.05) is 72.5 Å². The van der Waals surface area contributed by atoms with E-state index in [1.807, 2.05) is 0 Å². The number of rotatable bonds is 44. The van der Waals surface area contributed by atoms with Gasteiger partial charge in [-0.05, 0) is 38.5 Å². The van der Waals surface area contributed by atoms with E-state index in [4.69, 9.17) is 34.9 Å². The molecule has 0 heterocycles. The molecule has 348 valence electrons. The Morgan fingerprint density at radius 2 is 0.850 bits per heavy atom. The van der Waals surface area contributed by atoms with Gasteiger partial charge in [-0.15, -0.1) is 0 Å². The lowest BCUT2D eigenvalue weighted by Gasteiger charge is -2.14. The van der Waals surface area contributed by atoms with E-state index in [0.717, 1.165) is 44.9 Å². The Balaban J connectivity index is 3.65. The van der Waals surface area contributed by atoms with Crippen molar-refractivity contribution in [2.45, 2.75) is 147 Å². The first kappa shape index (κ1) is 56.1. The van der Waals surface area contributed by atoms with Crippen molar-refractivity contribution in [1.82, 2.24) is 21.3 Å². The molecule has 0 bridgehead atoms. The number of hydrogen-bond donors (Lipinski definition) is 8. The van der Waals surface area contributed by atoms with E-state index in [2.05, 4.69) is 21.3 Å². The summed E-state index contributed by atoms with van der Waals surface area (Å²) in [5.41, 5.74) is 5.42. The molecule has 0 spiro atoms. The maximum atomic E-state index is 12.3. The first-order valence-electron chi connectivity index (χ1n) is 21.8. The Morgan fingerprint density at radius 1 is 0.417 bits per heavy atom. The Kier molecular flexibility index (Phi) is 37.9. The van der Waals surface area contributed by atoms with Crippen LogP contribution in [0.2, 0.25) is 0 Å². The van der Waals surface area contributed by atoms with E-state index >= 15 is 0 Å². The van der Waals surface area contributed by atoms with Crippen LogP contribution in [0.5, 0.6) is 0 Å². The van der Waals surface area contributed by atoms with Gasteiger partial charge in [-0.3, -0.25) is 28.8 Å². The minimum absolute atomic E-state index is 0.0318. The second kappa shape index (κ2) is 40.5. The fourth-order valence-electron chi connectivity index (χ4n) is 5.81. The molecule has 60 heavy (non-hydrogen) atoms. The smallest absolute Gasteiger partial charge is 0.326 e. The summed E-state index contributed by atoms with van der Waals surface area (Å²) in [4.78, 5) is 80.9. The number of aliphatic carboxylic acids is 3. The molecule has 0 aliphatic rings. The number of carbonyl (C=O) groups excluding carboxylic acids is 4. The summed E-state index contributed by atoms with van der Waals surface area (Å²) in [6.45, 7) is 1.78. The number of unbranched alkanes of at least 4 members (excludes halogenated alkanes) is 14. The highest BCUT2D eigenvalue weighted by Gasteiger charge is 2.21. The molecule has 19 heteroatoms. The summed E-state index contributed by atoms with van der Waals surface area (Å²) in [6.07, 6.45) is 17.0. The third-order valence-corrected chi connectivity index (χ3v) is 9.27. The summed E-state index contributed by atoms with van der Waals surface area (Å²) >= 11 is 0. The predicted molar refractivity (Wildman–Crippen MR) is 222 cm³/mol. The first-order valence-corrected chi connectivity index (χ1v) is 21.8. The predicted octanol–water partition coefficient (Wildman–Crippen LogP) is 2.66. The van der Waals surface area contributed by atoms with Crippen LogP contribution in [0.25, 0.3) is 0 Å². The average Bonchev–Trinajstić information content (AvgIpc) is 3.20. The SMILES string of the molecule is NC(CCCCNC(=O)COCCOCCNC(=O)COCCOCCNC(=O)CC[C@H](NC(=O)CCCCCCCCCCCCCCCCC(=O)O)C(=O)O)C(=O)O. The van der Waals surface area contributed by atoms with Crippen molar-refractivity contribution in [2.24, 2.45) is 5.73 Å². The number of amides is 4. The summed E-state index contributed by atoms with van der Waals surface area (Å²) < 4.78 is 21.2. The molecule has 9 N–H and O–H groups in total. The van der Waals surface area contributed by atoms with Crippen LogP contribution in [0, 0.1) is 0 Å². The summed E-state index contributed by atoms with van der Waals surface area (Å²) in [6, 6.07) is -2.04. The van der Waals surface area contributed by atoms with Crippen molar-refractivity contribution >= 4 is 41.5 Å². The van der Waals surface area contributed by atoms with Gasteiger partial charge < -0.3 is 61.3 Å². The van der Waals surface area contributed by atoms with Gasteiger partial charge in [0.2, 0.25) is 23.6 Å². The molecule has 0 saturated carbocycles. The van der Waals surface area contributed by atoms with Gasteiger partial charge in [-0.25, -0.2) is 4.79 Å². The minimum Gasteiger partial charge on any atom is -0.481 e. The molecule has 0 saturated heterocycles. The van der Waals surface area contributed by atoms with Gasteiger partial charge >= 0.3 is 17.9 Å². The second-order valence-corrected chi connectivity index (χ2v) is 14.7. The molecule has 1 unspecified atom stereocenters. The lowest BCUT2D eigenvalue weighted by molar-refractivity contribution is -0.142. The number of carboxylic acids is 3. The molecule has 0 radical (unpaired) electrons. The van der Waals surface area contributed by atoms with E-state index in [9.17, 15) is 38.7 Å². The van der Waals surface area contributed by atoms with E-state index in [1.54, 1.807) is 0 Å². The van der Waals surface area contributed by atoms with Gasteiger partial charge in [-0.1, -0.05) is 77.0 Å². The fourth-order valence-corrected chi connectivity index (χ4v) is 5.81. The molecular formula is C41H75N5O14. The van der Waals surface area contributed by atoms with E-state index in [-0.39, 0.29) is 115 Å². The van der Waals surface area contributed by atoms with Gasteiger partial charge in [0.05, 0.1) is 39.6 Å². The Hall–Kier alpha value is -3.91. The molecule has 0 aromatic carbocycles. The number of nitrogens with two attached hydrogens (primary N) is 1. The van der Waals surface area contributed by atoms with Crippen molar-refractivity contribution in [3.63, 3.8) is 0 Å². The van der Waals surface area contributed by atoms with Gasteiger partial charge in [0.25, 0.3) is 0 Å². The highest BCUT2D eigenvalue weighted by atomic mass is 16.5. The highest BCUT2D eigenvalue weighted by Crippen LogP contribution is 2.14. The zero-order chi connectivity index (χ0) is 44.5. The highest BCUT2D eigenvalue weighted by molar-refractivity contribution is 5.84. The molecule has 0 aliphatic heterocycles. The Morgan fingerprint density at radius 3 is 1.32 bits per heavy atom. The first-order chi connectivity index (χ1) is 28.9. The lowest BCUT2D eigenvalue weighted by atomic mass is 10.0. The van der Waals surface area contributed by atoms with Gasteiger partial charge in [-0.2, -0.15) is 0 Å². The van der Waals surface area contributed by atoms with Crippen LogP contribution in [0.3, 0.4) is 0 Å². The number of carbonyl (C=O) groups is 7. The minimum atomic E-state index is -1.19. The summed E-state index contributed by atoms with van der Waals surface area (Å²) in [7, 11) is 0. The van der Waals surface area contributed by atoms with Crippen LogP contribution >= 0.6 is 0 Å². The summed E-state index contributed by atoms with van der Waals surface area (Å²) in [5.74, 6) is -4.27. The summed E-state index contributed by atoms with van der Waals surface area (Å²) in [5, 5.41) is 37.4. The molecule has 0 fully saturated rings. The van der Waals surface area contributed by atoms with Crippen LogP contribution in [0.15, 0.2) is 0 Å². The van der Waals surface area contributed by atoms with Gasteiger partial charge in [0, 0.05) is 38.9 Å². The normalized spacial score (nSPS) is 12.0. The van der Waals surface area contributed by atoms with Crippen LogP contribution < -0.4 is 27.0 Å². The van der Waals surface area contributed by atoms with Crippen molar-refractivity contribution in [1.29, 1.82) is 0 Å². The number of carboxylic acid groups (broad SMARTS) is 3. The average molecular weight is 862 g/mol. The Labute approximate surface area is 355 Å².